The molecule has 0 saturated heterocycles. The van der Waals surface area contributed by atoms with Crippen LogP contribution in [0.4, 0.5) is 0 Å². The second kappa shape index (κ2) is 2.48. The van der Waals surface area contributed by atoms with Crippen LogP contribution in [0.25, 0.3) is 10.9 Å². The van der Waals surface area contributed by atoms with Crippen LogP contribution < -0.4 is 0 Å². The van der Waals surface area contributed by atoms with E-state index in [1.54, 1.807) is 16.8 Å². The number of nitrogens with zero attached hydrogens (tertiary/aromatic N) is 2. The van der Waals surface area contributed by atoms with Crippen LogP contribution in [-0.4, -0.2) is 14.9 Å². The lowest BCUT2D eigenvalue weighted by molar-refractivity contribution is 0.479. The summed E-state index contributed by atoms with van der Waals surface area (Å²) in [5, 5.41) is 14.5. The summed E-state index contributed by atoms with van der Waals surface area (Å²) in [7, 11) is 1.83. The second-order valence-corrected chi connectivity index (χ2v) is 3.49. The molecule has 4 heteroatoms. The highest BCUT2D eigenvalue weighted by atomic mass is 79.9. The normalized spacial score (nSPS) is 10.8. The zero-order chi connectivity index (χ0) is 8.72. The van der Waals surface area contributed by atoms with Crippen LogP contribution in [0.3, 0.4) is 0 Å². The second-order valence-electron chi connectivity index (χ2n) is 2.63. The van der Waals surface area contributed by atoms with E-state index in [0.29, 0.717) is 5.52 Å². The number of rotatable bonds is 0. The highest BCUT2D eigenvalue weighted by Gasteiger charge is 2.06. The third-order valence-corrected chi connectivity index (χ3v) is 2.41. The SMILES string of the molecule is Cn1cc2c(Br)ccc(O)c2n1. The molecule has 0 saturated carbocycles. The lowest BCUT2D eigenvalue weighted by Gasteiger charge is -1.93. The van der Waals surface area contributed by atoms with Gasteiger partial charge in [-0.15, -0.1) is 0 Å². The fourth-order valence-corrected chi connectivity index (χ4v) is 1.60. The number of aromatic hydroxyl groups is 1. The third kappa shape index (κ3) is 0.992. The highest BCUT2D eigenvalue weighted by Crippen LogP contribution is 2.29. The maximum absolute atomic E-state index is 9.41. The predicted molar refractivity (Wildman–Crippen MR) is 50.1 cm³/mol. The summed E-state index contributed by atoms with van der Waals surface area (Å²) in [6, 6.07) is 3.43. The lowest BCUT2D eigenvalue weighted by Crippen LogP contribution is -1.84. The molecular weight excluding hydrogens is 220 g/mol. The first-order valence-electron chi connectivity index (χ1n) is 3.49. The first-order valence-corrected chi connectivity index (χ1v) is 4.28. The number of hydrogen-bond donors (Lipinski definition) is 1. The lowest BCUT2D eigenvalue weighted by atomic mass is 10.2. The third-order valence-electron chi connectivity index (χ3n) is 1.72. The Labute approximate surface area is 77.7 Å². The van der Waals surface area contributed by atoms with Crippen molar-refractivity contribution in [3.8, 4) is 5.75 Å². The minimum Gasteiger partial charge on any atom is -0.506 e. The molecule has 0 bridgehead atoms. The molecule has 0 spiro atoms. The summed E-state index contributed by atoms with van der Waals surface area (Å²) in [4.78, 5) is 0. The van der Waals surface area contributed by atoms with Gasteiger partial charge >= 0.3 is 0 Å². The fourth-order valence-electron chi connectivity index (χ4n) is 1.17. The molecule has 0 aliphatic carbocycles. The summed E-state index contributed by atoms with van der Waals surface area (Å²) in [6.45, 7) is 0. The molecule has 2 aromatic rings. The quantitative estimate of drug-likeness (QED) is 0.747. The topological polar surface area (TPSA) is 38.0 Å². The van der Waals surface area contributed by atoms with Crippen LogP contribution >= 0.6 is 15.9 Å². The number of aromatic nitrogens is 2. The first-order chi connectivity index (χ1) is 5.68. The Kier molecular flexibility index (Phi) is 1.58. The van der Waals surface area contributed by atoms with Crippen molar-refractivity contribution in [2.75, 3.05) is 0 Å². The molecule has 1 N–H and O–H groups in total. The van der Waals surface area contributed by atoms with Gasteiger partial charge in [0, 0.05) is 23.1 Å². The van der Waals surface area contributed by atoms with Crippen molar-refractivity contribution in [3.05, 3.63) is 22.8 Å². The molecule has 0 atom stereocenters. The van der Waals surface area contributed by atoms with E-state index in [1.807, 2.05) is 13.2 Å². The Morgan fingerprint density at radius 2 is 2.25 bits per heavy atom. The van der Waals surface area contributed by atoms with Gasteiger partial charge in [0.05, 0.1) is 0 Å². The van der Waals surface area contributed by atoms with E-state index in [1.165, 1.54) is 0 Å². The Morgan fingerprint density at radius 1 is 1.50 bits per heavy atom. The number of phenols is 1. The van der Waals surface area contributed by atoms with Crippen molar-refractivity contribution in [1.29, 1.82) is 0 Å². The molecule has 0 aliphatic rings. The number of benzene rings is 1. The monoisotopic (exact) mass is 226 g/mol. The van der Waals surface area contributed by atoms with Crippen molar-refractivity contribution >= 4 is 26.8 Å². The molecule has 1 aromatic carbocycles. The van der Waals surface area contributed by atoms with E-state index in [9.17, 15) is 5.11 Å². The van der Waals surface area contributed by atoms with Crippen molar-refractivity contribution < 1.29 is 5.11 Å². The number of fused-ring (bicyclic) bond motifs is 1. The van der Waals surface area contributed by atoms with Crippen molar-refractivity contribution in [2.45, 2.75) is 0 Å². The van der Waals surface area contributed by atoms with Crippen molar-refractivity contribution in [1.82, 2.24) is 9.78 Å². The van der Waals surface area contributed by atoms with Gasteiger partial charge in [-0.2, -0.15) is 5.10 Å². The Balaban J connectivity index is 2.93. The van der Waals surface area contributed by atoms with Crippen molar-refractivity contribution in [2.24, 2.45) is 7.05 Å². The van der Waals surface area contributed by atoms with Gasteiger partial charge < -0.3 is 5.11 Å². The van der Waals surface area contributed by atoms with E-state index < -0.39 is 0 Å². The zero-order valence-corrected chi connectivity index (χ0v) is 8.04. The predicted octanol–water partition coefficient (Wildman–Crippen LogP) is 2.04. The Hall–Kier alpha value is -1.03. The van der Waals surface area contributed by atoms with E-state index >= 15 is 0 Å². The summed E-state index contributed by atoms with van der Waals surface area (Å²) in [5.74, 6) is 0.216. The number of halogens is 1. The van der Waals surface area contributed by atoms with Gasteiger partial charge in [-0.25, -0.2) is 0 Å². The van der Waals surface area contributed by atoms with E-state index in [2.05, 4.69) is 21.0 Å². The van der Waals surface area contributed by atoms with Crippen LogP contribution in [0.5, 0.6) is 5.75 Å². The summed E-state index contributed by atoms with van der Waals surface area (Å²) >= 11 is 3.38. The van der Waals surface area contributed by atoms with Gasteiger partial charge in [0.25, 0.3) is 0 Å². The fraction of sp³-hybridized carbons (Fsp3) is 0.125. The van der Waals surface area contributed by atoms with Gasteiger partial charge in [-0.05, 0) is 12.1 Å². The molecule has 12 heavy (non-hydrogen) atoms. The van der Waals surface area contributed by atoms with E-state index in [0.717, 1.165) is 9.86 Å². The zero-order valence-electron chi connectivity index (χ0n) is 6.45. The Bertz CT molecular complexity index is 397. The number of phenolic OH excluding ortho intramolecular Hbond substituents is 1. The summed E-state index contributed by atoms with van der Waals surface area (Å²) < 4.78 is 2.62. The molecule has 0 fully saturated rings. The molecule has 0 radical (unpaired) electrons. The van der Waals surface area contributed by atoms with Crippen LogP contribution in [0.2, 0.25) is 0 Å². The molecule has 3 nitrogen and oxygen atoms in total. The van der Waals surface area contributed by atoms with Crippen LogP contribution in [0.1, 0.15) is 0 Å². The van der Waals surface area contributed by atoms with Crippen molar-refractivity contribution in [3.63, 3.8) is 0 Å². The number of aryl methyl sites for hydroxylation is 1. The minimum absolute atomic E-state index is 0.216. The molecule has 62 valence electrons. The standard InChI is InChI=1S/C8H7BrN2O/c1-11-4-5-6(9)2-3-7(12)8(5)10-11/h2-4,12H,1H3. The molecular formula is C8H7BrN2O. The maximum Gasteiger partial charge on any atom is 0.143 e. The van der Waals surface area contributed by atoms with E-state index in [-0.39, 0.29) is 5.75 Å². The molecule has 0 unspecified atom stereocenters. The minimum atomic E-state index is 0.216. The van der Waals surface area contributed by atoms with Gasteiger partial charge in [0.2, 0.25) is 0 Å². The van der Waals surface area contributed by atoms with Crippen LogP contribution in [0.15, 0.2) is 22.8 Å². The summed E-state index contributed by atoms with van der Waals surface area (Å²) in [5.41, 5.74) is 0.631. The smallest absolute Gasteiger partial charge is 0.143 e. The average Bonchev–Trinajstić information content (AvgIpc) is 2.41. The highest BCUT2D eigenvalue weighted by molar-refractivity contribution is 9.10. The largest absolute Gasteiger partial charge is 0.506 e. The van der Waals surface area contributed by atoms with Gasteiger partial charge in [-0.3, -0.25) is 4.68 Å². The Morgan fingerprint density at radius 3 is 2.92 bits per heavy atom. The van der Waals surface area contributed by atoms with Gasteiger partial charge in [-0.1, -0.05) is 15.9 Å². The maximum atomic E-state index is 9.41. The van der Waals surface area contributed by atoms with Crippen LogP contribution in [-0.2, 0) is 7.05 Å². The molecule has 1 aromatic heterocycles. The molecule has 0 aliphatic heterocycles. The summed E-state index contributed by atoms with van der Waals surface area (Å²) in [6.07, 6.45) is 1.86. The molecule has 2 rings (SSSR count). The first kappa shape index (κ1) is 7.61. The number of hydrogen-bond acceptors (Lipinski definition) is 2. The average molecular weight is 227 g/mol. The van der Waals surface area contributed by atoms with Gasteiger partial charge in [0.1, 0.15) is 11.3 Å². The molecule has 1 heterocycles. The molecule has 0 amide bonds. The van der Waals surface area contributed by atoms with E-state index in [4.69, 9.17) is 0 Å². The van der Waals surface area contributed by atoms with Crippen LogP contribution in [0, 0.1) is 0 Å². The van der Waals surface area contributed by atoms with Gasteiger partial charge in [0.15, 0.2) is 0 Å².